The van der Waals surface area contributed by atoms with E-state index in [0.717, 1.165) is 25.7 Å². The number of aliphatic hydroxyl groups excluding tert-OH is 1. The van der Waals surface area contributed by atoms with Crippen molar-refractivity contribution in [1.29, 1.82) is 0 Å². The van der Waals surface area contributed by atoms with Crippen LogP contribution in [0.5, 0.6) is 0 Å². The second-order valence-corrected chi connectivity index (χ2v) is 5.46. The summed E-state index contributed by atoms with van der Waals surface area (Å²) in [4.78, 5) is 11.4. The van der Waals surface area contributed by atoms with Gasteiger partial charge in [0.1, 0.15) is 0 Å². The van der Waals surface area contributed by atoms with Crippen LogP contribution in [0.3, 0.4) is 0 Å². The van der Waals surface area contributed by atoms with Gasteiger partial charge in [0.05, 0.1) is 12.0 Å². The third kappa shape index (κ3) is 1.78. The van der Waals surface area contributed by atoms with E-state index in [1.54, 1.807) is 0 Å². The van der Waals surface area contributed by atoms with Gasteiger partial charge in [-0.1, -0.05) is 19.8 Å². The molecular formula is C12H20O3. The number of aliphatic carboxylic acids is 1. The largest absolute Gasteiger partial charge is 0.481 e. The quantitative estimate of drug-likeness (QED) is 0.699. The molecule has 2 N–H and O–H groups in total. The van der Waals surface area contributed by atoms with E-state index in [9.17, 15) is 15.0 Å². The molecule has 0 bridgehead atoms. The summed E-state index contributed by atoms with van der Waals surface area (Å²) in [7, 11) is 0. The van der Waals surface area contributed by atoms with Crippen LogP contribution in [-0.2, 0) is 4.79 Å². The maximum atomic E-state index is 11.4. The molecule has 0 saturated heterocycles. The SMILES string of the molecule is CC1CC(O)CC2(CCCC2)C1C(=O)O. The van der Waals surface area contributed by atoms with E-state index in [0.29, 0.717) is 12.8 Å². The zero-order valence-corrected chi connectivity index (χ0v) is 9.28. The molecule has 2 fully saturated rings. The van der Waals surface area contributed by atoms with Crippen molar-refractivity contribution in [2.45, 2.75) is 51.6 Å². The minimum Gasteiger partial charge on any atom is -0.481 e. The van der Waals surface area contributed by atoms with Crippen molar-refractivity contribution in [3.8, 4) is 0 Å². The lowest BCUT2D eigenvalue weighted by molar-refractivity contribution is -0.155. The molecule has 2 rings (SSSR count). The maximum Gasteiger partial charge on any atom is 0.307 e. The number of carbonyl (C=O) groups is 1. The van der Waals surface area contributed by atoms with Crippen molar-refractivity contribution < 1.29 is 15.0 Å². The Balaban J connectivity index is 2.26. The van der Waals surface area contributed by atoms with Crippen molar-refractivity contribution in [2.24, 2.45) is 17.3 Å². The standard InChI is InChI=1S/C12H20O3/c1-8-6-9(13)7-12(4-2-3-5-12)10(8)11(14)15/h8-10,13H,2-7H2,1H3,(H,14,15). The lowest BCUT2D eigenvalue weighted by Crippen LogP contribution is -2.45. The molecule has 0 aromatic rings. The fourth-order valence-corrected chi connectivity index (χ4v) is 3.95. The highest BCUT2D eigenvalue weighted by molar-refractivity contribution is 5.71. The molecule has 0 aliphatic heterocycles. The Kier molecular flexibility index (Phi) is 2.75. The summed E-state index contributed by atoms with van der Waals surface area (Å²) in [5, 5.41) is 19.2. The summed E-state index contributed by atoms with van der Waals surface area (Å²) in [5.41, 5.74) is -0.0943. The first-order valence-corrected chi connectivity index (χ1v) is 5.96. The number of rotatable bonds is 1. The predicted octanol–water partition coefficient (Wildman–Crippen LogP) is 2.04. The third-order valence-corrected chi connectivity index (χ3v) is 4.38. The van der Waals surface area contributed by atoms with Gasteiger partial charge in [-0.2, -0.15) is 0 Å². The van der Waals surface area contributed by atoms with Crippen LogP contribution < -0.4 is 0 Å². The zero-order valence-electron chi connectivity index (χ0n) is 9.28. The highest BCUT2D eigenvalue weighted by atomic mass is 16.4. The van der Waals surface area contributed by atoms with Gasteiger partial charge in [-0.05, 0) is 37.0 Å². The predicted molar refractivity (Wildman–Crippen MR) is 56.4 cm³/mol. The first-order chi connectivity index (χ1) is 7.05. The van der Waals surface area contributed by atoms with E-state index in [1.165, 1.54) is 0 Å². The van der Waals surface area contributed by atoms with Crippen LogP contribution in [0.15, 0.2) is 0 Å². The number of aliphatic hydroxyl groups is 1. The summed E-state index contributed by atoms with van der Waals surface area (Å²) in [5.74, 6) is -0.774. The highest BCUT2D eigenvalue weighted by Gasteiger charge is 2.51. The molecule has 0 aromatic carbocycles. The van der Waals surface area contributed by atoms with Crippen molar-refractivity contribution in [3.63, 3.8) is 0 Å². The van der Waals surface area contributed by atoms with E-state index >= 15 is 0 Å². The number of carboxylic acids is 1. The molecule has 3 unspecified atom stereocenters. The fraction of sp³-hybridized carbons (Fsp3) is 0.917. The van der Waals surface area contributed by atoms with Gasteiger partial charge in [-0.25, -0.2) is 0 Å². The summed E-state index contributed by atoms with van der Waals surface area (Å²) in [6.07, 6.45) is 5.31. The van der Waals surface area contributed by atoms with Crippen LogP contribution in [0.2, 0.25) is 0 Å². The summed E-state index contributed by atoms with van der Waals surface area (Å²) < 4.78 is 0. The molecule has 2 aliphatic rings. The summed E-state index contributed by atoms with van der Waals surface area (Å²) in [6.45, 7) is 1.97. The van der Waals surface area contributed by atoms with Gasteiger partial charge in [0, 0.05) is 0 Å². The van der Waals surface area contributed by atoms with Crippen LogP contribution in [0.4, 0.5) is 0 Å². The average molecular weight is 212 g/mol. The van der Waals surface area contributed by atoms with Crippen LogP contribution in [0.1, 0.15) is 45.4 Å². The Morgan fingerprint density at radius 1 is 1.33 bits per heavy atom. The normalized spacial score (nSPS) is 39.5. The number of carboxylic acid groups (broad SMARTS) is 1. The topological polar surface area (TPSA) is 57.5 Å². The van der Waals surface area contributed by atoms with Crippen molar-refractivity contribution in [3.05, 3.63) is 0 Å². The molecule has 15 heavy (non-hydrogen) atoms. The van der Waals surface area contributed by atoms with Crippen LogP contribution in [-0.4, -0.2) is 22.3 Å². The molecule has 1 spiro atoms. The van der Waals surface area contributed by atoms with Crippen LogP contribution >= 0.6 is 0 Å². The van der Waals surface area contributed by atoms with Crippen LogP contribution in [0.25, 0.3) is 0 Å². The van der Waals surface area contributed by atoms with Crippen molar-refractivity contribution >= 4 is 5.97 Å². The molecule has 3 heteroatoms. The van der Waals surface area contributed by atoms with Gasteiger partial charge >= 0.3 is 5.97 Å². The molecular weight excluding hydrogens is 192 g/mol. The molecule has 2 aliphatic carbocycles. The van der Waals surface area contributed by atoms with E-state index in [4.69, 9.17) is 0 Å². The lowest BCUT2D eigenvalue weighted by Gasteiger charge is -2.44. The Morgan fingerprint density at radius 2 is 1.93 bits per heavy atom. The first kappa shape index (κ1) is 10.9. The fourth-order valence-electron chi connectivity index (χ4n) is 3.95. The Bertz CT molecular complexity index is 256. The molecule has 0 aromatic heterocycles. The van der Waals surface area contributed by atoms with Gasteiger partial charge in [0.2, 0.25) is 0 Å². The van der Waals surface area contributed by atoms with Gasteiger partial charge in [0.15, 0.2) is 0 Å². The minimum atomic E-state index is -0.656. The molecule has 0 amide bonds. The summed E-state index contributed by atoms with van der Waals surface area (Å²) in [6, 6.07) is 0. The molecule has 86 valence electrons. The molecule has 3 nitrogen and oxygen atoms in total. The second-order valence-electron chi connectivity index (χ2n) is 5.46. The lowest BCUT2D eigenvalue weighted by atomic mass is 9.60. The van der Waals surface area contributed by atoms with Gasteiger partial charge in [-0.15, -0.1) is 0 Å². The molecule has 3 atom stereocenters. The summed E-state index contributed by atoms with van der Waals surface area (Å²) >= 11 is 0. The highest BCUT2D eigenvalue weighted by Crippen LogP contribution is 2.54. The Hall–Kier alpha value is -0.570. The average Bonchev–Trinajstić information content (AvgIpc) is 2.50. The van der Waals surface area contributed by atoms with Crippen molar-refractivity contribution in [2.75, 3.05) is 0 Å². The molecule has 0 heterocycles. The van der Waals surface area contributed by atoms with Gasteiger partial charge in [-0.3, -0.25) is 4.79 Å². The zero-order chi connectivity index (χ0) is 11.1. The number of hydrogen-bond acceptors (Lipinski definition) is 2. The monoisotopic (exact) mass is 212 g/mol. The van der Waals surface area contributed by atoms with E-state index < -0.39 is 5.97 Å². The smallest absolute Gasteiger partial charge is 0.307 e. The van der Waals surface area contributed by atoms with Gasteiger partial charge < -0.3 is 10.2 Å². The van der Waals surface area contributed by atoms with Gasteiger partial charge in [0.25, 0.3) is 0 Å². The second kappa shape index (κ2) is 3.78. The van der Waals surface area contributed by atoms with Crippen LogP contribution in [0, 0.1) is 17.3 Å². The van der Waals surface area contributed by atoms with E-state index in [1.807, 2.05) is 6.92 Å². The molecule has 2 saturated carbocycles. The molecule has 0 radical (unpaired) electrons. The number of hydrogen-bond donors (Lipinski definition) is 2. The Labute approximate surface area is 90.5 Å². The Morgan fingerprint density at radius 3 is 2.47 bits per heavy atom. The first-order valence-electron chi connectivity index (χ1n) is 5.96. The maximum absolute atomic E-state index is 11.4. The van der Waals surface area contributed by atoms with Crippen molar-refractivity contribution in [1.82, 2.24) is 0 Å². The third-order valence-electron chi connectivity index (χ3n) is 4.38. The minimum absolute atomic E-state index is 0.0943. The van der Waals surface area contributed by atoms with E-state index in [2.05, 4.69) is 0 Å². The van der Waals surface area contributed by atoms with E-state index in [-0.39, 0.29) is 23.4 Å².